The zero-order valence-corrected chi connectivity index (χ0v) is 22.1. The number of aromatic nitrogens is 2. The second kappa shape index (κ2) is 9.16. The molecule has 38 heavy (non-hydrogen) atoms. The van der Waals surface area contributed by atoms with Crippen LogP contribution in [0.5, 0.6) is 0 Å². The van der Waals surface area contributed by atoms with Crippen LogP contribution < -0.4 is 5.32 Å². The summed E-state index contributed by atoms with van der Waals surface area (Å²) in [6.45, 7) is 7.13. The fraction of sp³-hybridized carbons (Fsp3) is 0.533. The quantitative estimate of drug-likeness (QED) is 0.516. The van der Waals surface area contributed by atoms with Crippen LogP contribution in [0.25, 0.3) is 11.0 Å². The summed E-state index contributed by atoms with van der Waals surface area (Å²) in [4.78, 5) is 20.0. The van der Waals surface area contributed by atoms with Crippen molar-refractivity contribution in [2.24, 2.45) is 5.41 Å². The highest BCUT2D eigenvalue weighted by Gasteiger charge is 2.57. The van der Waals surface area contributed by atoms with Crippen molar-refractivity contribution in [3.05, 3.63) is 60.4 Å². The number of para-hydroxylation sites is 1. The SMILES string of the molecule is CC1(C)O[C@@H]2[C@H](O1)[C@@H](CN1CC3(CCCCC3)C1)O[C@H]2n1cnc2c(NC(=O)c3ccccc3)cccc21. The maximum absolute atomic E-state index is 12.8. The molecule has 2 aromatic carbocycles. The smallest absolute Gasteiger partial charge is 0.255 e. The monoisotopic (exact) mass is 516 g/mol. The van der Waals surface area contributed by atoms with Crippen LogP contribution in [0.15, 0.2) is 54.9 Å². The zero-order valence-electron chi connectivity index (χ0n) is 22.1. The van der Waals surface area contributed by atoms with Gasteiger partial charge in [0, 0.05) is 25.2 Å². The van der Waals surface area contributed by atoms with Crippen molar-refractivity contribution in [1.29, 1.82) is 0 Å². The van der Waals surface area contributed by atoms with Crippen molar-refractivity contribution >= 4 is 22.6 Å². The van der Waals surface area contributed by atoms with E-state index in [1.54, 1.807) is 18.5 Å². The zero-order chi connectivity index (χ0) is 25.9. The summed E-state index contributed by atoms with van der Waals surface area (Å²) in [6, 6.07) is 15.0. The molecule has 1 spiro atoms. The summed E-state index contributed by atoms with van der Waals surface area (Å²) in [7, 11) is 0. The van der Waals surface area contributed by atoms with Gasteiger partial charge < -0.3 is 24.1 Å². The maximum Gasteiger partial charge on any atom is 0.255 e. The Bertz CT molecular complexity index is 1320. The van der Waals surface area contributed by atoms with Gasteiger partial charge in [0.1, 0.15) is 23.8 Å². The highest BCUT2D eigenvalue weighted by molar-refractivity contribution is 6.08. The Hall–Kier alpha value is -2.78. The highest BCUT2D eigenvalue weighted by atomic mass is 16.8. The predicted octanol–water partition coefficient (Wildman–Crippen LogP) is 4.97. The third-order valence-corrected chi connectivity index (χ3v) is 8.76. The fourth-order valence-corrected chi connectivity index (χ4v) is 7.08. The van der Waals surface area contributed by atoms with E-state index in [1.165, 1.54) is 32.1 Å². The number of hydrogen-bond acceptors (Lipinski definition) is 6. The molecule has 1 aliphatic carbocycles. The topological polar surface area (TPSA) is 77.8 Å². The minimum atomic E-state index is -0.666. The molecule has 4 heterocycles. The van der Waals surface area contributed by atoms with Gasteiger partial charge in [0.05, 0.1) is 17.5 Å². The van der Waals surface area contributed by atoms with E-state index in [0.29, 0.717) is 16.7 Å². The second-order valence-corrected chi connectivity index (χ2v) is 12.0. The van der Waals surface area contributed by atoms with Gasteiger partial charge in [-0.25, -0.2) is 4.98 Å². The Morgan fingerprint density at radius 1 is 1.00 bits per heavy atom. The lowest BCUT2D eigenvalue weighted by molar-refractivity contribution is -0.201. The van der Waals surface area contributed by atoms with E-state index in [-0.39, 0.29) is 30.4 Å². The summed E-state index contributed by atoms with van der Waals surface area (Å²) in [6.07, 6.45) is 7.82. The van der Waals surface area contributed by atoms with Gasteiger partial charge in [-0.3, -0.25) is 9.69 Å². The molecule has 0 radical (unpaired) electrons. The molecule has 1 amide bonds. The summed E-state index contributed by atoms with van der Waals surface area (Å²) in [5.41, 5.74) is 3.42. The number of benzene rings is 2. The van der Waals surface area contributed by atoms with E-state index in [0.717, 1.165) is 30.7 Å². The lowest BCUT2D eigenvalue weighted by Gasteiger charge is -2.53. The number of anilines is 1. The molecule has 4 atom stereocenters. The van der Waals surface area contributed by atoms with E-state index >= 15 is 0 Å². The molecular weight excluding hydrogens is 480 g/mol. The number of ether oxygens (including phenoxy) is 3. The second-order valence-electron chi connectivity index (χ2n) is 12.0. The van der Waals surface area contributed by atoms with Gasteiger partial charge in [-0.05, 0) is 56.4 Å². The van der Waals surface area contributed by atoms with Crippen molar-refractivity contribution in [2.45, 2.75) is 76.3 Å². The molecule has 8 heteroatoms. The molecule has 7 rings (SSSR count). The number of amides is 1. The van der Waals surface area contributed by atoms with Crippen LogP contribution in [-0.4, -0.2) is 64.1 Å². The van der Waals surface area contributed by atoms with E-state index in [2.05, 4.69) is 10.2 Å². The minimum Gasteiger partial charge on any atom is -0.348 e. The van der Waals surface area contributed by atoms with E-state index in [1.807, 2.05) is 54.8 Å². The van der Waals surface area contributed by atoms with Gasteiger partial charge in [-0.1, -0.05) is 43.5 Å². The molecule has 0 unspecified atom stereocenters. The van der Waals surface area contributed by atoms with Gasteiger partial charge in [0.2, 0.25) is 0 Å². The molecule has 4 aliphatic rings. The van der Waals surface area contributed by atoms with Crippen LogP contribution in [0.2, 0.25) is 0 Å². The lowest BCUT2D eigenvalue weighted by Crippen LogP contribution is -2.59. The van der Waals surface area contributed by atoms with Crippen molar-refractivity contribution in [1.82, 2.24) is 14.5 Å². The minimum absolute atomic E-state index is 0.0777. The third-order valence-electron chi connectivity index (χ3n) is 8.76. The number of hydrogen-bond donors (Lipinski definition) is 1. The van der Waals surface area contributed by atoms with E-state index in [4.69, 9.17) is 19.2 Å². The largest absolute Gasteiger partial charge is 0.348 e. The number of carbonyl (C=O) groups excluding carboxylic acids is 1. The van der Waals surface area contributed by atoms with Gasteiger partial charge in [-0.15, -0.1) is 0 Å². The van der Waals surface area contributed by atoms with Gasteiger partial charge in [0.25, 0.3) is 5.91 Å². The summed E-state index contributed by atoms with van der Waals surface area (Å²) in [5.74, 6) is -0.829. The number of nitrogens with one attached hydrogen (secondary N) is 1. The van der Waals surface area contributed by atoms with Crippen LogP contribution in [0.4, 0.5) is 5.69 Å². The Balaban J connectivity index is 1.12. The summed E-state index contributed by atoms with van der Waals surface area (Å²) < 4.78 is 21.5. The van der Waals surface area contributed by atoms with E-state index in [9.17, 15) is 4.79 Å². The average molecular weight is 517 g/mol. The molecule has 3 aliphatic heterocycles. The number of carbonyl (C=O) groups is 1. The van der Waals surface area contributed by atoms with Crippen LogP contribution >= 0.6 is 0 Å². The Kier molecular flexibility index (Phi) is 5.85. The molecule has 3 aromatic rings. The van der Waals surface area contributed by atoms with Crippen LogP contribution in [0, 0.1) is 5.41 Å². The predicted molar refractivity (Wildman–Crippen MR) is 144 cm³/mol. The molecule has 3 saturated heterocycles. The molecule has 1 saturated carbocycles. The molecule has 200 valence electrons. The van der Waals surface area contributed by atoms with Crippen molar-refractivity contribution in [2.75, 3.05) is 25.0 Å². The Labute approximate surface area is 223 Å². The number of nitrogens with zero attached hydrogens (tertiary/aromatic N) is 3. The Morgan fingerprint density at radius 3 is 2.55 bits per heavy atom. The van der Waals surface area contributed by atoms with Gasteiger partial charge in [0.15, 0.2) is 12.0 Å². The summed E-state index contributed by atoms with van der Waals surface area (Å²) in [5, 5.41) is 3.02. The molecule has 1 N–H and O–H groups in total. The van der Waals surface area contributed by atoms with Crippen molar-refractivity contribution in [3.63, 3.8) is 0 Å². The van der Waals surface area contributed by atoms with E-state index < -0.39 is 5.79 Å². The first-order valence-corrected chi connectivity index (χ1v) is 14.0. The first-order chi connectivity index (χ1) is 18.4. The first-order valence-electron chi connectivity index (χ1n) is 14.0. The molecule has 1 aromatic heterocycles. The third kappa shape index (κ3) is 4.24. The van der Waals surface area contributed by atoms with Crippen LogP contribution in [0.3, 0.4) is 0 Å². The number of imidazole rings is 1. The molecule has 0 bridgehead atoms. The maximum atomic E-state index is 12.8. The average Bonchev–Trinajstić information content (AvgIpc) is 3.56. The normalized spacial score (nSPS) is 29.8. The standard InChI is InChI=1S/C30H36N4O4/c1-29(2)37-25-23(16-33-17-30(18-33)14-7-4-8-15-30)36-28(26(25)38-29)34-19-31-24-21(12-9-13-22(24)34)32-27(35)20-10-5-3-6-11-20/h3,5-6,9-13,19,23,25-26,28H,4,7-8,14-18H2,1-2H3,(H,32,35)/t23-,25-,26-,28-/m1/s1. The molecule has 4 fully saturated rings. The van der Waals surface area contributed by atoms with Crippen molar-refractivity contribution < 1.29 is 19.0 Å². The fourth-order valence-electron chi connectivity index (χ4n) is 7.08. The number of likely N-dealkylation sites (tertiary alicyclic amines) is 1. The molecule has 8 nitrogen and oxygen atoms in total. The number of rotatable bonds is 5. The highest BCUT2D eigenvalue weighted by Crippen LogP contribution is 2.47. The molecular formula is C30H36N4O4. The van der Waals surface area contributed by atoms with Crippen LogP contribution in [-0.2, 0) is 14.2 Å². The summed E-state index contributed by atoms with van der Waals surface area (Å²) >= 11 is 0. The number of fused-ring (bicyclic) bond motifs is 2. The van der Waals surface area contributed by atoms with Crippen LogP contribution in [0.1, 0.15) is 62.5 Å². The lowest BCUT2D eigenvalue weighted by atomic mass is 9.68. The first kappa shape index (κ1) is 24.3. The van der Waals surface area contributed by atoms with Gasteiger partial charge in [-0.2, -0.15) is 0 Å². The van der Waals surface area contributed by atoms with Gasteiger partial charge >= 0.3 is 0 Å². The Morgan fingerprint density at radius 2 is 1.76 bits per heavy atom. The van der Waals surface area contributed by atoms with Crippen molar-refractivity contribution in [3.8, 4) is 0 Å².